The third-order valence-corrected chi connectivity index (χ3v) is 2.65. The molecule has 0 saturated heterocycles. The van der Waals surface area contributed by atoms with Crippen molar-refractivity contribution in [3.05, 3.63) is 35.9 Å². The molecule has 2 atom stereocenters. The third kappa shape index (κ3) is 5.36. The number of nitrogens with one attached hydrogen (secondary N) is 1. The van der Waals surface area contributed by atoms with Crippen LogP contribution in [0, 0.1) is 5.92 Å². The van der Waals surface area contributed by atoms with Gasteiger partial charge in [-0.15, -0.1) is 0 Å². The largest absolute Gasteiger partial charge is 0.465 e. The molecule has 1 aromatic rings. The van der Waals surface area contributed by atoms with Crippen molar-refractivity contribution in [2.45, 2.75) is 25.8 Å². The highest BCUT2D eigenvalue weighted by atomic mass is 16.4. The Bertz CT molecular complexity index is 340. The van der Waals surface area contributed by atoms with Gasteiger partial charge in [-0.05, 0) is 24.3 Å². The van der Waals surface area contributed by atoms with Crippen molar-refractivity contribution in [3.63, 3.8) is 0 Å². The minimum absolute atomic E-state index is 0.0760. The molecule has 0 radical (unpaired) electrons. The van der Waals surface area contributed by atoms with Crippen molar-refractivity contribution in [1.82, 2.24) is 5.32 Å². The fourth-order valence-corrected chi connectivity index (χ4v) is 1.83. The highest BCUT2D eigenvalue weighted by Gasteiger charge is 2.15. The molecule has 0 spiro atoms. The molecule has 4 nitrogen and oxygen atoms in total. The Morgan fingerprint density at radius 1 is 1.35 bits per heavy atom. The number of hydrogen-bond donors (Lipinski definition) is 3. The smallest absolute Gasteiger partial charge is 0.404 e. The second kappa shape index (κ2) is 6.91. The summed E-state index contributed by atoms with van der Waals surface area (Å²) >= 11 is 0. The van der Waals surface area contributed by atoms with E-state index >= 15 is 0 Å². The van der Waals surface area contributed by atoms with Crippen LogP contribution in [0.1, 0.15) is 18.9 Å². The SMILES string of the molecule is C[C@H](CO)CC(Cc1ccccc1)NC(=O)O. The van der Waals surface area contributed by atoms with Gasteiger partial charge >= 0.3 is 6.09 Å². The second-order valence-electron chi connectivity index (χ2n) is 4.36. The maximum absolute atomic E-state index is 10.7. The summed E-state index contributed by atoms with van der Waals surface area (Å²) in [6, 6.07) is 9.59. The monoisotopic (exact) mass is 237 g/mol. The maximum atomic E-state index is 10.7. The Kier molecular flexibility index (Phi) is 5.49. The first kappa shape index (κ1) is 13.5. The molecule has 0 saturated carbocycles. The number of carboxylic acid groups (broad SMARTS) is 1. The molecule has 17 heavy (non-hydrogen) atoms. The molecule has 3 N–H and O–H groups in total. The van der Waals surface area contributed by atoms with Crippen LogP contribution in [0.5, 0.6) is 0 Å². The minimum Gasteiger partial charge on any atom is -0.465 e. The lowest BCUT2D eigenvalue weighted by atomic mass is 9.97. The van der Waals surface area contributed by atoms with E-state index in [0.717, 1.165) is 5.56 Å². The van der Waals surface area contributed by atoms with Gasteiger partial charge in [-0.25, -0.2) is 4.79 Å². The number of aliphatic hydroxyl groups excluding tert-OH is 1. The molecule has 0 bridgehead atoms. The van der Waals surface area contributed by atoms with Crippen LogP contribution >= 0.6 is 0 Å². The van der Waals surface area contributed by atoms with Crippen LogP contribution in [0.3, 0.4) is 0 Å². The molecular formula is C13H19NO3. The van der Waals surface area contributed by atoms with Crippen molar-refractivity contribution < 1.29 is 15.0 Å². The van der Waals surface area contributed by atoms with Crippen molar-refractivity contribution in [2.24, 2.45) is 5.92 Å². The Hall–Kier alpha value is -1.55. The zero-order valence-corrected chi connectivity index (χ0v) is 9.97. The van der Waals surface area contributed by atoms with Crippen LogP contribution in [-0.4, -0.2) is 29.0 Å². The van der Waals surface area contributed by atoms with Gasteiger partial charge in [-0.1, -0.05) is 37.3 Å². The van der Waals surface area contributed by atoms with Crippen LogP contribution in [0.2, 0.25) is 0 Å². The van der Waals surface area contributed by atoms with E-state index in [9.17, 15) is 4.79 Å². The molecule has 0 aliphatic heterocycles. The molecule has 0 aromatic heterocycles. The molecule has 1 rings (SSSR count). The molecule has 1 unspecified atom stereocenters. The number of amides is 1. The Morgan fingerprint density at radius 3 is 2.53 bits per heavy atom. The normalized spacial score (nSPS) is 14.0. The van der Waals surface area contributed by atoms with Gasteiger partial charge in [-0.2, -0.15) is 0 Å². The molecule has 0 aliphatic carbocycles. The van der Waals surface area contributed by atoms with Gasteiger partial charge in [0.1, 0.15) is 0 Å². The quantitative estimate of drug-likeness (QED) is 0.707. The van der Waals surface area contributed by atoms with E-state index in [4.69, 9.17) is 10.2 Å². The third-order valence-electron chi connectivity index (χ3n) is 2.65. The van der Waals surface area contributed by atoms with Crippen molar-refractivity contribution in [3.8, 4) is 0 Å². The maximum Gasteiger partial charge on any atom is 0.404 e. The van der Waals surface area contributed by atoms with Gasteiger partial charge in [-0.3, -0.25) is 0 Å². The first-order chi connectivity index (χ1) is 8.11. The summed E-state index contributed by atoms with van der Waals surface area (Å²) in [6.07, 6.45) is 0.269. The Labute approximate surface area is 101 Å². The summed E-state index contributed by atoms with van der Waals surface area (Å²) in [5, 5.41) is 20.3. The summed E-state index contributed by atoms with van der Waals surface area (Å²) in [5.74, 6) is 0.0931. The van der Waals surface area contributed by atoms with E-state index in [1.165, 1.54) is 0 Å². The number of hydrogen-bond acceptors (Lipinski definition) is 2. The number of rotatable bonds is 6. The molecule has 0 aliphatic rings. The lowest BCUT2D eigenvalue weighted by Gasteiger charge is -2.20. The van der Waals surface area contributed by atoms with Gasteiger partial charge in [0.2, 0.25) is 0 Å². The predicted molar refractivity (Wildman–Crippen MR) is 66.0 cm³/mol. The summed E-state index contributed by atoms with van der Waals surface area (Å²) in [4.78, 5) is 10.7. The first-order valence-electron chi connectivity index (χ1n) is 5.76. The standard InChI is InChI=1S/C13H19NO3/c1-10(9-15)7-12(14-13(16)17)8-11-5-3-2-4-6-11/h2-6,10,12,14-15H,7-9H2,1H3,(H,16,17)/t10-,12?/m0/s1. The van der Waals surface area contributed by atoms with Gasteiger partial charge < -0.3 is 15.5 Å². The minimum atomic E-state index is -1.02. The summed E-state index contributed by atoms with van der Waals surface area (Å²) < 4.78 is 0. The predicted octanol–water partition coefficient (Wildman–Crippen LogP) is 1.88. The van der Waals surface area contributed by atoms with E-state index < -0.39 is 6.09 Å². The van der Waals surface area contributed by atoms with Crippen LogP contribution in [0.15, 0.2) is 30.3 Å². The zero-order chi connectivity index (χ0) is 12.7. The number of carbonyl (C=O) groups is 1. The fraction of sp³-hybridized carbons (Fsp3) is 0.462. The number of aliphatic hydroxyl groups is 1. The molecule has 1 amide bonds. The summed E-state index contributed by atoms with van der Waals surface area (Å²) in [6.45, 7) is 1.98. The van der Waals surface area contributed by atoms with Gasteiger partial charge in [0, 0.05) is 12.6 Å². The second-order valence-corrected chi connectivity index (χ2v) is 4.36. The molecule has 94 valence electrons. The fourth-order valence-electron chi connectivity index (χ4n) is 1.83. The lowest BCUT2D eigenvalue weighted by molar-refractivity contribution is 0.181. The molecule has 0 heterocycles. The van der Waals surface area contributed by atoms with E-state index in [1.54, 1.807) is 0 Å². The average Bonchev–Trinajstić information content (AvgIpc) is 2.29. The Morgan fingerprint density at radius 2 is 2.00 bits per heavy atom. The summed E-state index contributed by atoms with van der Waals surface area (Å²) in [5.41, 5.74) is 1.09. The highest BCUT2D eigenvalue weighted by molar-refractivity contribution is 5.64. The van der Waals surface area contributed by atoms with Crippen LogP contribution in [0.4, 0.5) is 4.79 Å². The highest BCUT2D eigenvalue weighted by Crippen LogP contribution is 2.11. The zero-order valence-electron chi connectivity index (χ0n) is 9.97. The van der Waals surface area contributed by atoms with E-state index in [0.29, 0.717) is 12.8 Å². The lowest BCUT2D eigenvalue weighted by Crippen LogP contribution is -2.37. The molecule has 0 fully saturated rings. The van der Waals surface area contributed by atoms with Gasteiger partial charge in [0.15, 0.2) is 0 Å². The van der Waals surface area contributed by atoms with E-state index in [-0.39, 0.29) is 18.6 Å². The van der Waals surface area contributed by atoms with Crippen molar-refractivity contribution >= 4 is 6.09 Å². The van der Waals surface area contributed by atoms with Crippen LogP contribution in [-0.2, 0) is 6.42 Å². The number of benzene rings is 1. The topological polar surface area (TPSA) is 69.6 Å². The molecule has 4 heteroatoms. The van der Waals surface area contributed by atoms with Crippen molar-refractivity contribution in [1.29, 1.82) is 0 Å². The summed E-state index contributed by atoms with van der Waals surface area (Å²) in [7, 11) is 0. The van der Waals surface area contributed by atoms with Gasteiger partial charge in [0.25, 0.3) is 0 Å². The van der Waals surface area contributed by atoms with Crippen LogP contribution in [0.25, 0.3) is 0 Å². The first-order valence-corrected chi connectivity index (χ1v) is 5.76. The van der Waals surface area contributed by atoms with E-state index in [1.807, 2.05) is 37.3 Å². The van der Waals surface area contributed by atoms with Crippen molar-refractivity contribution in [2.75, 3.05) is 6.61 Å². The average molecular weight is 237 g/mol. The van der Waals surface area contributed by atoms with Crippen LogP contribution < -0.4 is 5.32 Å². The molecule has 1 aromatic carbocycles. The Balaban J connectivity index is 2.60. The van der Waals surface area contributed by atoms with Gasteiger partial charge in [0.05, 0.1) is 0 Å². The van der Waals surface area contributed by atoms with E-state index in [2.05, 4.69) is 5.32 Å². The molecular weight excluding hydrogens is 218 g/mol.